The van der Waals surface area contributed by atoms with Gasteiger partial charge in [-0.15, -0.1) is 0 Å². The van der Waals surface area contributed by atoms with Crippen molar-refractivity contribution in [3.05, 3.63) is 0 Å². The normalized spacial score (nSPS) is 34.4. The molecule has 2 fully saturated rings. The zero-order chi connectivity index (χ0) is 12.1. The molecule has 0 saturated carbocycles. The van der Waals surface area contributed by atoms with E-state index in [-0.39, 0.29) is 0 Å². The van der Waals surface area contributed by atoms with Crippen molar-refractivity contribution >= 4 is 11.8 Å². The van der Waals surface area contributed by atoms with E-state index in [0.29, 0.717) is 0 Å². The molecule has 3 atom stereocenters. The van der Waals surface area contributed by atoms with Crippen LogP contribution in [0.3, 0.4) is 0 Å². The van der Waals surface area contributed by atoms with Crippen LogP contribution in [0.15, 0.2) is 0 Å². The van der Waals surface area contributed by atoms with E-state index in [2.05, 4.69) is 35.8 Å². The molecule has 0 aromatic heterocycles. The molecule has 2 nitrogen and oxygen atoms in total. The Balaban J connectivity index is 1.82. The Bertz CT molecular complexity index is 216. The summed E-state index contributed by atoms with van der Waals surface area (Å²) in [5, 5.41) is 4.57. The Hall–Kier alpha value is 0.270. The number of thioether (sulfide) groups is 1. The van der Waals surface area contributed by atoms with Crippen LogP contribution in [0.5, 0.6) is 0 Å². The van der Waals surface area contributed by atoms with Crippen molar-refractivity contribution in [2.24, 2.45) is 0 Å². The Morgan fingerprint density at radius 1 is 1.35 bits per heavy atom. The summed E-state index contributed by atoms with van der Waals surface area (Å²) in [5.41, 5.74) is 0. The number of hydrogen-bond acceptors (Lipinski definition) is 3. The van der Waals surface area contributed by atoms with Crippen LogP contribution >= 0.6 is 11.8 Å². The van der Waals surface area contributed by atoms with E-state index in [4.69, 9.17) is 0 Å². The second kappa shape index (κ2) is 7.01. The van der Waals surface area contributed by atoms with Crippen molar-refractivity contribution in [3.8, 4) is 0 Å². The van der Waals surface area contributed by atoms with Gasteiger partial charge in [-0.05, 0) is 38.8 Å². The van der Waals surface area contributed by atoms with Gasteiger partial charge in [0.2, 0.25) is 0 Å². The SMILES string of the molecule is CCCN(CC1CCCCN1)C1CSC(C)C1. The standard InChI is InChI=1S/C14H28N2S/c1-3-8-16(14-9-12(2)17-11-14)10-13-6-4-5-7-15-13/h12-15H,3-11H2,1-2H3. The topological polar surface area (TPSA) is 15.3 Å². The lowest BCUT2D eigenvalue weighted by atomic mass is 10.0. The van der Waals surface area contributed by atoms with Crippen LogP contribution in [-0.2, 0) is 0 Å². The van der Waals surface area contributed by atoms with Gasteiger partial charge in [0.15, 0.2) is 0 Å². The maximum Gasteiger partial charge on any atom is 0.0197 e. The summed E-state index contributed by atoms with van der Waals surface area (Å²) in [5.74, 6) is 1.36. The van der Waals surface area contributed by atoms with Crippen LogP contribution in [0.25, 0.3) is 0 Å². The molecule has 2 saturated heterocycles. The van der Waals surface area contributed by atoms with Crippen LogP contribution in [0, 0.1) is 0 Å². The van der Waals surface area contributed by atoms with Crippen LogP contribution in [0.1, 0.15) is 46.0 Å². The van der Waals surface area contributed by atoms with Gasteiger partial charge >= 0.3 is 0 Å². The van der Waals surface area contributed by atoms with Gasteiger partial charge in [-0.3, -0.25) is 4.90 Å². The molecular weight excluding hydrogens is 228 g/mol. The van der Waals surface area contributed by atoms with Crippen molar-refractivity contribution in [1.29, 1.82) is 0 Å². The summed E-state index contributed by atoms with van der Waals surface area (Å²) < 4.78 is 0. The Morgan fingerprint density at radius 3 is 2.82 bits per heavy atom. The van der Waals surface area contributed by atoms with Gasteiger partial charge < -0.3 is 5.32 Å². The highest BCUT2D eigenvalue weighted by molar-refractivity contribution is 8.00. The summed E-state index contributed by atoms with van der Waals surface area (Å²) in [6.45, 7) is 8.50. The number of piperidine rings is 1. The van der Waals surface area contributed by atoms with E-state index in [1.165, 1.54) is 57.5 Å². The quantitative estimate of drug-likeness (QED) is 0.814. The Morgan fingerprint density at radius 2 is 2.24 bits per heavy atom. The minimum atomic E-state index is 0.760. The van der Waals surface area contributed by atoms with Gasteiger partial charge in [0, 0.05) is 29.6 Å². The largest absolute Gasteiger partial charge is 0.313 e. The molecule has 0 amide bonds. The van der Waals surface area contributed by atoms with Crippen LogP contribution in [0.4, 0.5) is 0 Å². The minimum absolute atomic E-state index is 0.760. The number of rotatable bonds is 5. The molecule has 2 heterocycles. The first-order valence-electron chi connectivity index (χ1n) is 7.38. The third-order valence-electron chi connectivity index (χ3n) is 4.07. The molecular formula is C14H28N2S. The second-order valence-corrected chi connectivity index (χ2v) is 7.15. The van der Waals surface area contributed by atoms with E-state index in [1.54, 1.807) is 0 Å². The first-order chi connectivity index (χ1) is 8.29. The summed E-state index contributed by atoms with van der Waals surface area (Å²) in [6, 6.07) is 1.61. The molecule has 0 aromatic carbocycles. The van der Waals surface area contributed by atoms with E-state index in [0.717, 1.165) is 17.3 Å². The average molecular weight is 256 g/mol. The fourth-order valence-electron chi connectivity index (χ4n) is 3.12. The molecule has 3 unspecified atom stereocenters. The second-order valence-electron chi connectivity index (χ2n) is 5.68. The maximum absolute atomic E-state index is 3.69. The lowest BCUT2D eigenvalue weighted by Gasteiger charge is -2.34. The van der Waals surface area contributed by atoms with Gasteiger partial charge in [-0.25, -0.2) is 0 Å². The van der Waals surface area contributed by atoms with E-state index in [9.17, 15) is 0 Å². The van der Waals surface area contributed by atoms with Crippen molar-refractivity contribution in [3.63, 3.8) is 0 Å². The summed E-state index contributed by atoms with van der Waals surface area (Å²) in [7, 11) is 0. The molecule has 0 radical (unpaired) electrons. The zero-order valence-corrected chi connectivity index (χ0v) is 12.3. The van der Waals surface area contributed by atoms with Crippen molar-refractivity contribution in [2.75, 3.05) is 25.4 Å². The van der Waals surface area contributed by atoms with Crippen LogP contribution in [0.2, 0.25) is 0 Å². The third kappa shape index (κ3) is 4.15. The third-order valence-corrected chi connectivity index (χ3v) is 5.41. The average Bonchev–Trinajstić information content (AvgIpc) is 2.77. The van der Waals surface area contributed by atoms with E-state index >= 15 is 0 Å². The Kier molecular flexibility index (Phi) is 5.64. The van der Waals surface area contributed by atoms with Crippen molar-refractivity contribution in [1.82, 2.24) is 10.2 Å². The molecule has 0 aromatic rings. The Labute approximate surface area is 111 Å². The fourth-order valence-corrected chi connectivity index (χ4v) is 4.38. The highest BCUT2D eigenvalue weighted by Crippen LogP contribution is 2.30. The van der Waals surface area contributed by atoms with Crippen molar-refractivity contribution < 1.29 is 0 Å². The molecule has 2 rings (SSSR count). The molecule has 1 N–H and O–H groups in total. The number of nitrogens with one attached hydrogen (secondary N) is 1. The maximum atomic E-state index is 3.69. The number of hydrogen-bond donors (Lipinski definition) is 1. The summed E-state index contributed by atoms with van der Waals surface area (Å²) in [4.78, 5) is 2.76. The predicted molar refractivity (Wildman–Crippen MR) is 77.8 cm³/mol. The highest BCUT2D eigenvalue weighted by atomic mass is 32.2. The monoisotopic (exact) mass is 256 g/mol. The fraction of sp³-hybridized carbons (Fsp3) is 1.00. The molecule has 2 aliphatic rings. The van der Waals surface area contributed by atoms with Gasteiger partial charge in [0.1, 0.15) is 0 Å². The van der Waals surface area contributed by atoms with Crippen molar-refractivity contribution in [2.45, 2.75) is 63.3 Å². The van der Waals surface area contributed by atoms with Crippen LogP contribution < -0.4 is 5.32 Å². The number of nitrogens with zero attached hydrogens (tertiary/aromatic N) is 1. The molecule has 100 valence electrons. The summed E-state index contributed by atoms with van der Waals surface area (Å²) in [6.07, 6.45) is 6.88. The lowest BCUT2D eigenvalue weighted by Crippen LogP contribution is -2.47. The van der Waals surface area contributed by atoms with Gasteiger partial charge in [-0.2, -0.15) is 11.8 Å². The summed E-state index contributed by atoms with van der Waals surface area (Å²) >= 11 is 2.16. The zero-order valence-electron chi connectivity index (χ0n) is 11.5. The molecule has 2 aliphatic heterocycles. The van der Waals surface area contributed by atoms with E-state index < -0.39 is 0 Å². The van der Waals surface area contributed by atoms with Gasteiger partial charge in [-0.1, -0.05) is 20.3 Å². The molecule has 17 heavy (non-hydrogen) atoms. The molecule has 3 heteroatoms. The van der Waals surface area contributed by atoms with Gasteiger partial charge in [0.05, 0.1) is 0 Å². The van der Waals surface area contributed by atoms with Gasteiger partial charge in [0.25, 0.3) is 0 Å². The predicted octanol–water partition coefficient (Wildman–Crippen LogP) is 2.73. The first kappa shape index (κ1) is 13.7. The van der Waals surface area contributed by atoms with E-state index in [1.807, 2.05) is 0 Å². The molecule has 0 spiro atoms. The first-order valence-corrected chi connectivity index (χ1v) is 8.43. The van der Waals surface area contributed by atoms with Crippen LogP contribution in [-0.4, -0.2) is 47.6 Å². The highest BCUT2D eigenvalue weighted by Gasteiger charge is 2.28. The molecule has 0 aliphatic carbocycles. The molecule has 0 bridgehead atoms. The smallest absolute Gasteiger partial charge is 0.0197 e. The lowest BCUT2D eigenvalue weighted by molar-refractivity contribution is 0.175. The minimum Gasteiger partial charge on any atom is -0.313 e.